The molecule has 0 radical (unpaired) electrons. The summed E-state index contributed by atoms with van der Waals surface area (Å²) < 4.78 is 27.5. The molecule has 1 aromatic heterocycles. The lowest BCUT2D eigenvalue weighted by atomic mass is 9.84. The number of anilines is 1. The Kier molecular flexibility index (Phi) is 8.96. The fourth-order valence-corrected chi connectivity index (χ4v) is 5.44. The molecule has 4 rings (SSSR count). The van der Waals surface area contributed by atoms with Crippen LogP contribution in [0.25, 0.3) is 0 Å². The molecule has 0 saturated carbocycles. The van der Waals surface area contributed by atoms with E-state index >= 15 is 0 Å². The van der Waals surface area contributed by atoms with E-state index in [1.54, 1.807) is 18.3 Å². The van der Waals surface area contributed by atoms with Crippen molar-refractivity contribution in [2.24, 2.45) is 0 Å². The Bertz CT molecular complexity index is 1410. The van der Waals surface area contributed by atoms with Crippen molar-refractivity contribution < 1.29 is 18.0 Å². The monoisotopic (exact) mass is 545 g/mol. The van der Waals surface area contributed by atoms with E-state index in [4.69, 9.17) is 5.73 Å². The molecule has 1 saturated heterocycles. The Morgan fingerprint density at radius 3 is 2.26 bits per heavy atom. The van der Waals surface area contributed by atoms with Gasteiger partial charge in [-0.25, -0.2) is 18.1 Å². The zero-order chi connectivity index (χ0) is 27.8. The van der Waals surface area contributed by atoms with Crippen molar-refractivity contribution in [3.8, 4) is 11.8 Å². The summed E-state index contributed by atoms with van der Waals surface area (Å²) in [6.07, 6.45) is 3.68. The molecule has 3 aromatic rings. The van der Waals surface area contributed by atoms with Gasteiger partial charge >= 0.3 is 0 Å². The molecule has 4 N–H and O–H groups in total. The van der Waals surface area contributed by atoms with Gasteiger partial charge in [-0.3, -0.25) is 9.59 Å². The number of hydrogen-bond donors (Lipinski definition) is 3. The molecule has 2 amide bonds. The van der Waals surface area contributed by atoms with Gasteiger partial charge in [-0.2, -0.15) is 0 Å². The predicted molar refractivity (Wildman–Crippen MR) is 150 cm³/mol. The van der Waals surface area contributed by atoms with Crippen molar-refractivity contribution in [1.82, 2.24) is 19.9 Å². The molecule has 9 nitrogen and oxygen atoms in total. The topological polar surface area (TPSA) is 134 Å². The molecule has 0 aliphatic carbocycles. The minimum Gasteiger partial charge on any atom is -0.384 e. The number of nitrogens with one attached hydrogen (secondary N) is 2. The third-order valence-electron chi connectivity index (χ3n) is 6.47. The molecular formula is C29H31N5O4S. The zero-order valence-corrected chi connectivity index (χ0v) is 22.4. The Morgan fingerprint density at radius 1 is 1.05 bits per heavy atom. The first-order chi connectivity index (χ1) is 18.7. The number of nitrogens with zero attached hydrogens (tertiary/aromatic N) is 2. The van der Waals surface area contributed by atoms with Gasteiger partial charge in [0.15, 0.2) is 0 Å². The van der Waals surface area contributed by atoms with E-state index < -0.39 is 33.9 Å². The number of sulfonamides is 1. The van der Waals surface area contributed by atoms with Gasteiger partial charge in [0.1, 0.15) is 17.9 Å². The SMILES string of the molecule is CS(=O)(=O)N[C@@H](C(=O)N1CCC[C@H]1C(=O)NCC#Cc1ccc(N)nc1)C(c1ccccc1)c1ccccc1. The minimum atomic E-state index is -3.77. The number of likely N-dealkylation sites (tertiary alicyclic amines) is 1. The van der Waals surface area contributed by atoms with Gasteiger partial charge in [-0.05, 0) is 36.1 Å². The number of benzene rings is 2. The second-order valence-electron chi connectivity index (χ2n) is 9.35. The van der Waals surface area contributed by atoms with Gasteiger partial charge in [0, 0.05) is 24.2 Å². The van der Waals surface area contributed by atoms with E-state index in [9.17, 15) is 18.0 Å². The van der Waals surface area contributed by atoms with Gasteiger partial charge in [0.2, 0.25) is 21.8 Å². The molecule has 202 valence electrons. The Morgan fingerprint density at radius 2 is 1.69 bits per heavy atom. The molecule has 1 aliphatic heterocycles. The highest BCUT2D eigenvalue weighted by atomic mass is 32.2. The van der Waals surface area contributed by atoms with Gasteiger partial charge < -0.3 is 16.0 Å². The highest BCUT2D eigenvalue weighted by molar-refractivity contribution is 7.88. The lowest BCUT2D eigenvalue weighted by Crippen LogP contribution is -2.55. The van der Waals surface area contributed by atoms with Gasteiger partial charge in [-0.1, -0.05) is 72.5 Å². The summed E-state index contributed by atoms with van der Waals surface area (Å²) in [4.78, 5) is 32.6. The van der Waals surface area contributed by atoms with E-state index in [0.717, 1.165) is 17.4 Å². The number of aromatic nitrogens is 1. The maximum atomic E-state index is 14.0. The Labute approximate surface area is 228 Å². The molecule has 1 aliphatic rings. The fourth-order valence-electron chi connectivity index (χ4n) is 4.75. The highest BCUT2D eigenvalue weighted by Crippen LogP contribution is 2.31. The summed E-state index contributed by atoms with van der Waals surface area (Å²) in [7, 11) is -3.77. The van der Waals surface area contributed by atoms with E-state index in [-0.39, 0.29) is 12.5 Å². The molecule has 2 aromatic carbocycles. The third-order valence-corrected chi connectivity index (χ3v) is 7.15. The van der Waals surface area contributed by atoms with Crippen molar-refractivity contribution in [3.05, 3.63) is 95.7 Å². The van der Waals surface area contributed by atoms with E-state index in [0.29, 0.717) is 30.8 Å². The number of hydrogen-bond acceptors (Lipinski definition) is 6. The van der Waals surface area contributed by atoms with Crippen molar-refractivity contribution >= 4 is 27.7 Å². The average Bonchev–Trinajstić information content (AvgIpc) is 3.42. The normalized spacial score (nSPS) is 15.8. The van der Waals surface area contributed by atoms with Crippen LogP contribution in [0.2, 0.25) is 0 Å². The first-order valence-electron chi connectivity index (χ1n) is 12.6. The lowest BCUT2D eigenvalue weighted by molar-refractivity contribution is -0.139. The molecule has 1 fully saturated rings. The first kappa shape index (κ1) is 27.8. The van der Waals surface area contributed by atoms with Crippen molar-refractivity contribution in [2.45, 2.75) is 30.8 Å². The summed E-state index contributed by atoms with van der Waals surface area (Å²) in [5.41, 5.74) is 7.81. The van der Waals surface area contributed by atoms with Crippen LogP contribution in [0.4, 0.5) is 5.82 Å². The number of carbonyl (C=O) groups excluding carboxylic acids is 2. The largest absolute Gasteiger partial charge is 0.384 e. The van der Waals surface area contributed by atoms with Crippen LogP contribution in [-0.4, -0.2) is 61.5 Å². The van der Waals surface area contributed by atoms with Crippen LogP contribution in [0.3, 0.4) is 0 Å². The predicted octanol–water partition coefficient (Wildman–Crippen LogP) is 1.87. The fraction of sp³-hybridized carbons (Fsp3) is 0.276. The van der Waals surface area contributed by atoms with Crippen LogP contribution in [0.1, 0.15) is 35.4 Å². The quantitative estimate of drug-likeness (QED) is 0.370. The summed E-state index contributed by atoms with van der Waals surface area (Å²) in [5, 5.41) is 2.78. The lowest BCUT2D eigenvalue weighted by Gasteiger charge is -2.33. The average molecular weight is 546 g/mol. The molecule has 2 heterocycles. The first-order valence-corrected chi connectivity index (χ1v) is 14.5. The summed E-state index contributed by atoms with van der Waals surface area (Å²) in [6, 6.07) is 20.1. The number of carbonyl (C=O) groups is 2. The van der Waals surface area contributed by atoms with Crippen molar-refractivity contribution in [1.29, 1.82) is 0 Å². The molecule has 10 heteroatoms. The molecule has 39 heavy (non-hydrogen) atoms. The number of nitrogens with two attached hydrogens (primary N) is 1. The maximum Gasteiger partial charge on any atom is 0.243 e. The minimum absolute atomic E-state index is 0.0867. The van der Waals surface area contributed by atoms with Gasteiger partial charge in [0.05, 0.1) is 12.8 Å². The van der Waals surface area contributed by atoms with Gasteiger partial charge in [-0.15, -0.1) is 0 Å². The second kappa shape index (κ2) is 12.6. The molecular weight excluding hydrogens is 514 g/mol. The van der Waals surface area contributed by atoms with Crippen LogP contribution in [0, 0.1) is 11.8 Å². The number of nitrogen functional groups attached to an aromatic ring is 1. The highest BCUT2D eigenvalue weighted by Gasteiger charge is 2.41. The summed E-state index contributed by atoms with van der Waals surface area (Å²) >= 11 is 0. The van der Waals surface area contributed by atoms with Crippen LogP contribution < -0.4 is 15.8 Å². The second-order valence-corrected chi connectivity index (χ2v) is 11.1. The maximum absolute atomic E-state index is 14.0. The number of rotatable bonds is 8. The van der Waals surface area contributed by atoms with Crippen LogP contribution in [0.15, 0.2) is 79.0 Å². The standard InChI is InChI=1S/C29H31N5O4S/c1-39(37,38)33-27(26(22-11-4-2-5-12-22)23-13-6-3-7-14-23)29(36)34-19-9-15-24(34)28(35)31-18-8-10-21-16-17-25(30)32-20-21/h2-7,11-14,16-17,20,24,26-27,33H,9,15,18-19H2,1H3,(H2,30,32)(H,31,35)/t24-,27+/m0/s1. The third kappa shape index (κ3) is 7.44. The van der Waals surface area contributed by atoms with Crippen molar-refractivity contribution in [2.75, 3.05) is 25.1 Å². The Hall–Kier alpha value is -4.20. The molecule has 2 atom stereocenters. The number of amides is 2. The van der Waals surface area contributed by atoms with E-state index in [2.05, 4.69) is 26.9 Å². The van der Waals surface area contributed by atoms with Crippen LogP contribution in [0.5, 0.6) is 0 Å². The summed E-state index contributed by atoms with van der Waals surface area (Å²) in [6.45, 7) is 0.432. The number of pyridine rings is 1. The smallest absolute Gasteiger partial charge is 0.243 e. The Balaban J connectivity index is 1.57. The molecule has 0 bridgehead atoms. The van der Waals surface area contributed by atoms with E-state index in [1.807, 2.05) is 60.7 Å². The molecule has 0 spiro atoms. The van der Waals surface area contributed by atoms with E-state index in [1.165, 1.54) is 4.90 Å². The summed E-state index contributed by atoms with van der Waals surface area (Å²) in [5.74, 6) is 4.80. The van der Waals surface area contributed by atoms with Crippen molar-refractivity contribution in [3.63, 3.8) is 0 Å². The van der Waals surface area contributed by atoms with Gasteiger partial charge in [0.25, 0.3) is 0 Å². The van der Waals surface area contributed by atoms with Crippen LogP contribution >= 0.6 is 0 Å². The molecule has 0 unspecified atom stereocenters. The van der Waals surface area contributed by atoms with Crippen LogP contribution in [-0.2, 0) is 19.6 Å². The zero-order valence-electron chi connectivity index (χ0n) is 21.6.